The number of pyridine rings is 1. The highest BCUT2D eigenvalue weighted by Gasteiger charge is 2.44. The Morgan fingerprint density at radius 2 is 0.984 bits per heavy atom. The first-order valence-electron chi connectivity index (χ1n) is 22.9. The average molecular weight is 798 g/mol. The molecule has 306 valence electrons. The van der Waals surface area contributed by atoms with Crippen LogP contribution in [0, 0.1) is 0 Å². The molecular weight excluding hydrogens is 737 g/mol. The average Bonchev–Trinajstić information content (AvgIpc) is 3.71. The Morgan fingerprint density at radius 1 is 0.492 bits per heavy atom. The van der Waals surface area contributed by atoms with Gasteiger partial charge < -0.3 is 9.13 Å². The molecule has 0 atom stereocenters. The van der Waals surface area contributed by atoms with Crippen molar-refractivity contribution in [2.24, 2.45) is 0 Å². The quantitative estimate of drug-likeness (QED) is 0.129. The monoisotopic (exact) mass is 797 g/mol. The topological polar surface area (TPSA) is 22.8 Å². The highest BCUT2D eigenvalue weighted by molar-refractivity contribution is 7.00. The third-order valence-corrected chi connectivity index (χ3v) is 14.5. The van der Waals surface area contributed by atoms with Gasteiger partial charge in [0, 0.05) is 54.7 Å². The van der Waals surface area contributed by atoms with E-state index in [2.05, 4.69) is 190 Å². The Kier molecular flexibility index (Phi) is 7.84. The zero-order valence-corrected chi connectivity index (χ0v) is 38.7. The molecule has 3 aromatic heterocycles. The highest BCUT2D eigenvalue weighted by atomic mass is 15.0. The molecule has 2 aliphatic rings. The number of fused-ring (bicyclic) bond motifs is 14. The van der Waals surface area contributed by atoms with E-state index in [0.29, 0.717) is 0 Å². The van der Waals surface area contributed by atoms with Crippen molar-refractivity contribution >= 4 is 88.4 Å². The second-order valence-electron chi connectivity index (χ2n) is 22.8. The lowest BCUT2D eigenvalue weighted by Gasteiger charge is -2.36. The maximum Gasteiger partial charge on any atom is 0.252 e. The Balaban J connectivity index is 1.43. The van der Waals surface area contributed by atoms with Gasteiger partial charge in [0.25, 0.3) is 6.71 Å². The molecule has 0 amide bonds. The fourth-order valence-corrected chi connectivity index (χ4v) is 10.9. The number of aromatic nitrogens is 3. The van der Waals surface area contributed by atoms with E-state index in [0.717, 1.165) is 24.8 Å². The molecular formula is C57H60BN3. The molecule has 0 radical (unpaired) electrons. The summed E-state index contributed by atoms with van der Waals surface area (Å²) in [5.41, 5.74) is 19.8. The molecule has 5 heterocycles. The molecule has 0 spiro atoms. The van der Waals surface area contributed by atoms with Crippen molar-refractivity contribution in [3.8, 4) is 11.4 Å². The van der Waals surface area contributed by atoms with E-state index >= 15 is 0 Å². The SMILES string of the molecule is CCCCc1nc2c3c4c(cc2c2ccccc12)-n1c2ccc(C(C)(C)C)cc2c2cc(C(C)(C)C)cc(c21)B4c1cc(C(C)(C)C)cc2c4cc(C(C)(C)C)ccc4n-3c12. The van der Waals surface area contributed by atoms with Crippen LogP contribution >= 0.6 is 0 Å². The van der Waals surface area contributed by atoms with Crippen LogP contribution in [0.2, 0.25) is 0 Å². The highest BCUT2D eigenvalue weighted by Crippen LogP contribution is 2.45. The van der Waals surface area contributed by atoms with Crippen LogP contribution < -0.4 is 16.4 Å². The minimum absolute atomic E-state index is 0.0155. The molecule has 0 unspecified atom stereocenters. The van der Waals surface area contributed by atoms with E-state index in [1.54, 1.807) is 0 Å². The second-order valence-corrected chi connectivity index (χ2v) is 22.8. The second kappa shape index (κ2) is 12.4. The fraction of sp³-hybridized carbons (Fsp3) is 0.351. The van der Waals surface area contributed by atoms with Crippen LogP contribution in [-0.4, -0.2) is 20.8 Å². The molecule has 4 heteroatoms. The summed E-state index contributed by atoms with van der Waals surface area (Å²) in [6.45, 7) is 30.7. The van der Waals surface area contributed by atoms with E-state index in [9.17, 15) is 0 Å². The van der Waals surface area contributed by atoms with Gasteiger partial charge in [0.05, 0.1) is 22.2 Å². The summed E-state index contributed by atoms with van der Waals surface area (Å²) in [6, 6.07) is 36.5. The lowest BCUT2D eigenvalue weighted by molar-refractivity contribution is 0.590. The van der Waals surface area contributed by atoms with Crippen molar-refractivity contribution in [1.29, 1.82) is 0 Å². The minimum atomic E-state index is -0.0443. The Morgan fingerprint density at radius 3 is 1.51 bits per heavy atom. The molecule has 9 aromatic rings. The van der Waals surface area contributed by atoms with Crippen LogP contribution in [0.25, 0.3) is 76.7 Å². The first-order chi connectivity index (χ1) is 28.8. The third kappa shape index (κ3) is 5.39. The number of hydrogen-bond donors (Lipinski definition) is 0. The van der Waals surface area contributed by atoms with Gasteiger partial charge in [0.1, 0.15) is 0 Å². The third-order valence-electron chi connectivity index (χ3n) is 14.5. The van der Waals surface area contributed by atoms with Gasteiger partial charge in [-0.05, 0) is 121 Å². The molecule has 0 bridgehead atoms. The number of benzene rings is 6. The standard InChI is InChI=1S/C57H60BN3/c1-14-15-20-45-37-19-17-16-18-36(37)40-31-48-49-53(50(40)59-45)61-47-24-22-33(55(5,6)7)26-39(47)42-28-35(57(11,12)13)30-44(52(42)61)58(49)43-29-34(56(8,9)10)27-41-38-25-32(54(2,3)4)21-23-46(38)60(48)51(41)43/h16-19,21-31H,14-15,20H2,1-13H3. The number of nitrogens with zero attached hydrogens (tertiary/aromatic N) is 3. The Labute approximate surface area is 362 Å². The summed E-state index contributed by atoms with van der Waals surface area (Å²) in [6.07, 6.45) is 3.21. The number of hydrogen-bond acceptors (Lipinski definition) is 1. The summed E-state index contributed by atoms with van der Waals surface area (Å²) < 4.78 is 5.33. The van der Waals surface area contributed by atoms with Gasteiger partial charge in [-0.25, -0.2) is 4.98 Å². The molecule has 11 rings (SSSR count). The van der Waals surface area contributed by atoms with Crippen LogP contribution in [0.3, 0.4) is 0 Å². The van der Waals surface area contributed by atoms with E-state index in [1.165, 1.54) is 115 Å². The van der Waals surface area contributed by atoms with Gasteiger partial charge in [-0.1, -0.05) is 145 Å². The lowest BCUT2D eigenvalue weighted by atomic mass is 9.33. The van der Waals surface area contributed by atoms with Crippen molar-refractivity contribution in [1.82, 2.24) is 14.1 Å². The van der Waals surface area contributed by atoms with E-state index in [-0.39, 0.29) is 28.4 Å². The van der Waals surface area contributed by atoms with E-state index in [4.69, 9.17) is 4.98 Å². The molecule has 61 heavy (non-hydrogen) atoms. The Bertz CT molecular complexity index is 3380. The van der Waals surface area contributed by atoms with E-state index < -0.39 is 0 Å². The number of aryl methyl sites for hydroxylation is 1. The summed E-state index contributed by atoms with van der Waals surface area (Å²) in [5.74, 6) is 0. The van der Waals surface area contributed by atoms with Crippen LogP contribution in [0.15, 0.2) is 91.0 Å². The van der Waals surface area contributed by atoms with Crippen LogP contribution in [0.4, 0.5) is 0 Å². The maximum absolute atomic E-state index is 5.87. The molecule has 0 aliphatic carbocycles. The van der Waals surface area contributed by atoms with Gasteiger partial charge in [-0.15, -0.1) is 0 Å². The normalized spacial score (nSPS) is 14.1. The van der Waals surface area contributed by atoms with Gasteiger partial charge in [-0.3, -0.25) is 0 Å². The summed E-state index contributed by atoms with van der Waals surface area (Å²) in [5, 5.41) is 9.19. The number of rotatable bonds is 3. The van der Waals surface area contributed by atoms with Crippen LogP contribution in [0.1, 0.15) is 131 Å². The first-order valence-corrected chi connectivity index (χ1v) is 22.9. The zero-order valence-electron chi connectivity index (χ0n) is 38.7. The minimum Gasteiger partial charge on any atom is -0.310 e. The zero-order chi connectivity index (χ0) is 42.9. The van der Waals surface area contributed by atoms with Gasteiger partial charge in [0.15, 0.2) is 0 Å². The van der Waals surface area contributed by atoms with Crippen molar-refractivity contribution in [3.63, 3.8) is 0 Å². The van der Waals surface area contributed by atoms with Crippen molar-refractivity contribution in [3.05, 3.63) is 119 Å². The molecule has 2 aliphatic heterocycles. The number of unbranched alkanes of at least 4 members (excludes halogenated alkanes) is 1. The smallest absolute Gasteiger partial charge is 0.252 e. The predicted molar refractivity (Wildman–Crippen MR) is 266 cm³/mol. The predicted octanol–water partition coefficient (Wildman–Crippen LogP) is 13.3. The van der Waals surface area contributed by atoms with Gasteiger partial charge in [-0.2, -0.15) is 0 Å². The maximum atomic E-state index is 5.87. The molecule has 0 saturated heterocycles. The largest absolute Gasteiger partial charge is 0.310 e. The van der Waals surface area contributed by atoms with Gasteiger partial charge in [0.2, 0.25) is 0 Å². The fourth-order valence-electron chi connectivity index (χ4n) is 10.9. The molecule has 0 N–H and O–H groups in total. The Hall–Kier alpha value is -5.35. The van der Waals surface area contributed by atoms with E-state index in [1.807, 2.05) is 0 Å². The summed E-state index contributed by atoms with van der Waals surface area (Å²) >= 11 is 0. The summed E-state index contributed by atoms with van der Waals surface area (Å²) in [7, 11) is 0. The molecule has 0 fully saturated rings. The lowest BCUT2D eigenvalue weighted by Crippen LogP contribution is -2.60. The molecule has 0 saturated carbocycles. The summed E-state index contributed by atoms with van der Waals surface area (Å²) in [4.78, 5) is 5.87. The first kappa shape index (κ1) is 38.6. The van der Waals surface area contributed by atoms with Crippen molar-refractivity contribution < 1.29 is 0 Å². The van der Waals surface area contributed by atoms with Crippen LogP contribution in [-0.2, 0) is 28.1 Å². The molecule has 3 nitrogen and oxygen atoms in total. The van der Waals surface area contributed by atoms with Crippen molar-refractivity contribution in [2.75, 3.05) is 0 Å². The van der Waals surface area contributed by atoms with Crippen LogP contribution in [0.5, 0.6) is 0 Å². The van der Waals surface area contributed by atoms with Crippen molar-refractivity contribution in [2.45, 2.75) is 131 Å². The molecule has 6 aromatic carbocycles. The van der Waals surface area contributed by atoms with Gasteiger partial charge >= 0.3 is 0 Å².